The van der Waals surface area contributed by atoms with E-state index in [0.717, 1.165) is 31.4 Å². The van der Waals surface area contributed by atoms with Crippen molar-refractivity contribution >= 4 is 5.78 Å². The molecule has 0 radical (unpaired) electrons. The zero-order valence-corrected chi connectivity index (χ0v) is 12.6. The molecule has 21 heavy (non-hydrogen) atoms. The van der Waals surface area contributed by atoms with E-state index < -0.39 is 0 Å². The average molecular weight is 287 g/mol. The number of methoxy groups -OCH3 is 2. The molecule has 112 valence electrons. The van der Waals surface area contributed by atoms with Gasteiger partial charge in [0.1, 0.15) is 0 Å². The maximum absolute atomic E-state index is 12.8. The maximum Gasteiger partial charge on any atom is 0.190 e. The van der Waals surface area contributed by atoms with Crippen molar-refractivity contribution in [3.8, 4) is 11.5 Å². The molecule has 0 saturated carbocycles. The van der Waals surface area contributed by atoms with Gasteiger partial charge in [-0.1, -0.05) is 0 Å². The van der Waals surface area contributed by atoms with E-state index in [4.69, 9.17) is 9.47 Å². The van der Waals surface area contributed by atoms with Crippen molar-refractivity contribution in [1.29, 1.82) is 0 Å². The summed E-state index contributed by atoms with van der Waals surface area (Å²) in [6, 6.07) is 5.38. The number of Topliss-reactive ketones (excluding diaryl/α,β-unsaturated/α-hetero) is 1. The molecule has 1 saturated heterocycles. The van der Waals surface area contributed by atoms with Gasteiger partial charge in [0.05, 0.1) is 14.2 Å². The summed E-state index contributed by atoms with van der Waals surface area (Å²) in [4.78, 5) is 12.8. The van der Waals surface area contributed by atoms with E-state index in [1.165, 1.54) is 12.1 Å². The van der Waals surface area contributed by atoms with Crippen molar-refractivity contribution in [2.24, 2.45) is 5.92 Å². The molecule has 4 heteroatoms. The molecule has 3 rings (SSSR count). The van der Waals surface area contributed by atoms with Crippen molar-refractivity contribution in [3.63, 3.8) is 0 Å². The Labute approximate surface area is 125 Å². The van der Waals surface area contributed by atoms with Crippen LogP contribution in [-0.4, -0.2) is 26.5 Å². The first-order valence-corrected chi connectivity index (χ1v) is 7.48. The lowest BCUT2D eigenvalue weighted by atomic mass is 9.84. The molecule has 4 nitrogen and oxygen atoms in total. The Morgan fingerprint density at radius 2 is 2.00 bits per heavy atom. The summed E-state index contributed by atoms with van der Waals surface area (Å²) in [6.45, 7) is 0.989. The van der Waals surface area contributed by atoms with Crippen LogP contribution < -0.4 is 14.8 Å². The Balaban J connectivity index is 1.95. The topological polar surface area (TPSA) is 47.6 Å². The Bertz CT molecular complexity index is 592. The Morgan fingerprint density at radius 3 is 2.76 bits per heavy atom. The van der Waals surface area contributed by atoms with Crippen LogP contribution in [0.4, 0.5) is 0 Å². The van der Waals surface area contributed by atoms with Crippen molar-refractivity contribution in [2.75, 3.05) is 20.8 Å². The second kappa shape index (κ2) is 5.80. The molecule has 0 amide bonds. The second-order valence-corrected chi connectivity index (χ2v) is 5.60. The van der Waals surface area contributed by atoms with Gasteiger partial charge in [-0.25, -0.2) is 0 Å². The van der Waals surface area contributed by atoms with Gasteiger partial charge in [-0.2, -0.15) is 0 Å². The number of benzene rings is 1. The van der Waals surface area contributed by atoms with Gasteiger partial charge in [-0.3, -0.25) is 4.79 Å². The number of hydrogen-bond acceptors (Lipinski definition) is 4. The van der Waals surface area contributed by atoms with Crippen molar-refractivity contribution in [3.05, 3.63) is 35.0 Å². The number of nitrogens with one attached hydrogen (secondary N) is 1. The van der Waals surface area contributed by atoms with Crippen LogP contribution in [0.3, 0.4) is 0 Å². The summed E-state index contributed by atoms with van der Waals surface area (Å²) < 4.78 is 10.5. The van der Waals surface area contributed by atoms with Crippen molar-refractivity contribution in [2.45, 2.75) is 25.7 Å². The Hall–Kier alpha value is -1.97. The van der Waals surface area contributed by atoms with E-state index in [1.807, 2.05) is 6.07 Å². The fourth-order valence-electron chi connectivity index (χ4n) is 3.36. The minimum atomic E-state index is 0.116. The first-order valence-electron chi connectivity index (χ1n) is 7.48. The van der Waals surface area contributed by atoms with Crippen LogP contribution >= 0.6 is 0 Å². The largest absolute Gasteiger partial charge is 0.493 e. The first kappa shape index (κ1) is 14.0. The quantitative estimate of drug-likeness (QED) is 0.865. The predicted octanol–water partition coefficient (Wildman–Crippen LogP) is 2.93. The van der Waals surface area contributed by atoms with E-state index >= 15 is 0 Å². The highest BCUT2D eigenvalue weighted by Crippen LogP contribution is 2.36. The molecule has 1 atom stereocenters. The fourth-order valence-corrected chi connectivity index (χ4v) is 3.36. The lowest BCUT2D eigenvalue weighted by Gasteiger charge is -2.22. The molecule has 1 aromatic rings. The normalized spacial score (nSPS) is 20.8. The van der Waals surface area contributed by atoms with Crippen LogP contribution in [0.25, 0.3) is 0 Å². The summed E-state index contributed by atoms with van der Waals surface area (Å²) in [7, 11) is 3.18. The van der Waals surface area contributed by atoms with Gasteiger partial charge >= 0.3 is 0 Å². The second-order valence-electron chi connectivity index (χ2n) is 5.60. The third-order valence-electron chi connectivity index (χ3n) is 4.44. The van der Waals surface area contributed by atoms with E-state index in [9.17, 15) is 4.79 Å². The van der Waals surface area contributed by atoms with Gasteiger partial charge in [-0.15, -0.1) is 0 Å². The van der Waals surface area contributed by atoms with E-state index in [0.29, 0.717) is 23.0 Å². The molecule has 1 aromatic carbocycles. The number of carbonyl (C=O) groups excluding carboxylic acids is 1. The third-order valence-corrected chi connectivity index (χ3v) is 4.44. The standard InChI is InChI=1S/C17H21NO3/c1-20-14-7-6-12(10-15(14)21-2)17(19)13-5-3-4-11-8-9-18-16(11)13/h6-7,10-11,18H,3-5,8-9H2,1-2H3. The van der Waals surface area contributed by atoms with Crippen LogP contribution in [0.2, 0.25) is 0 Å². The number of fused-ring (bicyclic) bond motifs is 1. The monoisotopic (exact) mass is 287 g/mol. The molecule has 0 spiro atoms. The summed E-state index contributed by atoms with van der Waals surface area (Å²) in [5, 5.41) is 3.41. The molecule has 2 aliphatic rings. The fraction of sp³-hybridized carbons (Fsp3) is 0.471. The van der Waals surface area contributed by atoms with Crippen molar-refractivity contribution in [1.82, 2.24) is 5.32 Å². The molecular formula is C17H21NO3. The molecular weight excluding hydrogens is 266 g/mol. The smallest absolute Gasteiger partial charge is 0.190 e. The minimum absolute atomic E-state index is 0.116. The van der Waals surface area contributed by atoms with Crippen molar-refractivity contribution < 1.29 is 14.3 Å². The predicted molar refractivity (Wildman–Crippen MR) is 80.9 cm³/mol. The van der Waals surface area contributed by atoms with Crippen LogP contribution in [-0.2, 0) is 0 Å². The molecule has 0 bridgehead atoms. The molecule has 1 N–H and O–H groups in total. The van der Waals surface area contributed by atoms with Crippen LogP contribution in [0, 0.1) is 5.92 Å². The minimum Gasteiger partial charge on any atom is -0.493 e. The zero-order chi connectivity index (χ0) is 14.8. The highest BCUT2D eigenvalue weighted by molar-refractivity contribution is 6.09. The van der Waals surface area contributed by atoms with Gasteiger partial charge in [0.15, 0.2) is 17.3 Å². The molecule has 1 fully saturated rings. The number of allylic oxidation sites excluding steroid dienone is 2. The SMILES string of the molecule is COc1ccc(C(=O)C2=C3NCCC3CCC2)cc1OC. The Morgan fingerprint density at radius 1 is 1.19 bits per heavy atom. The zero-order valence-electron chi connectivity index (χ0n) is 12.6. The molecule has 1 aliphatic carbocycles. The van der Waals surface area contributed by atoms with Gasteiger partial charge in [-0.05, 0) is 43.9 Å². The van der Waals surface area contributed by atoms with Crippen LogP contribution in [0.1, 0.15) is 36.0 Å². The number of ether oxygens (including phenoxy) is 2. The number of hydrogen-bond donors (Lipinski definition) is 1. The summed E-state index contributed by atoms with van der Waals surface area (Å²) in [6.07, 6.45) is 4.32. The maximum atomic E-state index is 12.8. The van der Waals surface area contributed by atoms with Crippen LogP contribution in [0.15, 0.2) is 29.5 Å². The van der Waals surface area contributed by atoms with Crippen LogP contribution in [0.5, 0.6) is 11.5 Å². The highest BCUT2D eigenvalue weighted by atomic mass is 16.5. The summed E-state index contributed by atoms with van der Waals surface area (Å²) in [5.41, 5.74) is 2.81. The number of carbonyl (C=O) groups is 1. The third kappa shape index (κ3) is 2.50. The Kier molecular flexibility index (Phi) is 3.86. The van der Waals surface area contributed by atoms with Gasteiger partial charge in [0, 0.05) is 29.3 Å². The number of ketones is 1. The highest BCUT2D eigenvalue weighted by Gasteiger charge is 2.30. The molecule has 1 heterocycles. The molecule has 1 aliphatic heterocycles. The van der Waals surface area contributed by atoms with E-state index in [1.54, 1.807) is 26.4 Å². The van der Waals surface area contributed by atoms with E-state index in [-0.39, 0.29) is 5.78 Å². The summed E-state index contributed by atoms with van der Waals surface area (Å²) in [5.74, 6) is 1.91. The molecule has 0 aromatic heterocycles. The first-order chi connectivity index (χ1) is 10.2. The average Bonchev–Trinajstić information content (AvgIpc) is 3.02. The molecule has 1 unspecified atom stereocenters. The lowest BCUT2D eigenvalue weighted by Crippen LogP contribution is -2.19. The van der Waals surface area contributed by atoms with Gasteiger partial charge in [0.2, 0.25) is 0 Å². The van der Waals surface area contributed by atoms with E-state index in [2.05, 4.69) is 5.32 Å². The number of rotatable bonds is 4. The lowest BCUT2D eigenvalue weighted by molar-refractivity contribution is 0.102. The summed E-state index contributed by atoms with van der Waals surface area (Å²) >= 11 is 0. The van der Waals surface area contributed by atoms with Gasteiger partial charge in [0.25, 0.3) is 0 Å². The van der Waals surface area contributed by atoms with Gasteiger partial charge < -0.3 is 14.8 Å².